The number of rotatable bonds is 6. The molecule has 4 rings (SSSR count). The first-order chi connectivity index (χ1) is 16.0. The quantitative estimate of drug-likeness (QED) is 0.620. The van der Waals surface area contributed by atoms with Crippen molar-refractivity contribution in [2.75, 3.05) is 48.2 Å². The van der Waals surface area contributed by atoms with Crippen LogP contribution in [0.2, 0.25) is 0 Å². The van der Waals surface area contributed by atoms with Gasteiger partial charge >= 0.3 is 0 Å². The summed E-state index contributed by atoms with van der Waals surface area (Å²) in [5.41, 5.74) is 3.04. The van der Waals surface area contributed by atoms with E-state index < -0.39 is 0 Å². The molecular formula is C26H31NO6. The van der Waals surface area contributed by atoms with Crippen molar-refractivity contribution in [3.8, 4) is 23.0 Å². The smallest absolute Gasteiger partial charge is 0.246 e. The van der Waals surface area contributed by atoms with E-state index in [0.717, 1.165) is 29.7 Å². The maximum Gasteiger partial charge on any atom is 0.246 e. The van der Waals surface area contributed by atoms with Crippen molar-refractivity contribution >= 4 is 12.0 Å². The van der Waals surface area contributed by atoms with Gasteiger partial charge in [0.2, 0.25) is 5.91 Å². The summed E-state index contributed by atoms with van der Waals surface area (Å²) in [6, 6.07) is 9.67. The molecule has 0 N–H and O–H groups in total. The minimum absolute atomic E-state index is 0.0314. The van der Waals surface area contributed by atoms with Crippen LogP contribution < -0.4 is 18.9 Å². The predicted octanol–water partition coefficient (Wildman–Crippen LogP) is 3.82. The highest BCUT2D eigenvalue weighted by Gasteiger charge is 2.42. The van der Waals surface area contributed by atoms with Crippen molar-refractivity contribution in [1.82, 2.24) is 4.90 Å². The first-order valence-corrected chi connectivity index (χ1v) is 11.1. The summed E-state index contributed by atoms with van der Waals surface area (Å²) in [6.45, 7) is 2.52. The number of hydrogen-bond donors (Lipinski definition) is 0. The Morgan fingerprint density at radius 1 is 0.909 bits per heavy atom. The third-order valence-corrected chi connectivity index (χ3v) is 6.62. The minimum atomic E-state index is -0.155. The molecule has 33 heavy (non-hydrogen) atoms. The molecule has 2 aliphatic rings. The fraction of sp³-hybridized carbons (Fsp3) is 0.423. The Hall–Kier alpha value is -3.19. The van der Waals surface area contributed by atoms with Crippen LogP contribution in [0.1, 0.15) is 29.5 Å². The average molecular weight is 454 g/mol. The van der Waals surface area contributed by atoms with E-state index in [0.29, 0.717) is 43.6 Å². The molecule has 1 saturated heterocycles. The van der Waals surface area contributed by atoms with Gasteiger partial charge in [-0.3, -0.25) is 4.79 Å². The fourth-order valence-electron chi connectivity index (χ4n) is 4.83. The second-order valence-corrected chi connectivity index (χ2v) is 8.40. The van der Waals surface area contributed by atoms with Crippen molar-refractivity contribution in [3.63, 3.8) is 0 Å². The molecule has 0 atom stereocenters. The highest BCUT2D eigenvalue weighted by molar-refractivity contribution is 5.92. The molecule has 2 aliphatic heterocycles. The molecule has 2 aromatic carbocycles. The number of carbonyl (C=O) groups is 1. The van der Waals surface area contributed by atoms with Crippen LogP contribution in [0.25, 0.3) is 6.08 Å². The highest BCUT2D eigenvalue weighted by atomic mass is 16.5. The Kier molecular flexibility index (Phi) is 6.79. The van der Waals surface area contributed by atoms with Gasteiger partial charge in [0, 0.05) is 37.8 Å². The number of amides is 1. The molecule has 1 spiro atoms. The second-order valence-electron chi connectivity index (χ2n) is 8.40. The van der Waals surface area contributed by atoms with Crippen LogP contribution in [-0.2, 0) is 21.5 Å². The van der Waals surface area contributed by atoms with E-state index in [1.54, 1.807) is 34.5 Å². The molecule has 7 heteroatoms. The topological polar surface area (TPSA) is 66.5 Å². The summed E-state index contributed by atoms with van der Waals surface area (Å²) >= 11 is 0. The van der Waals surface area contributed by atoms with Gasteiger partial charge in [-0.25, -0.2) is 0 Å². The van der Waals surface area contributed by atoms with Crippen molar-refractivity contribution in [2.24, 2.45) is 0 Å². The Morgan fingerprint density at radius 3 is 2.21 bits per heavy atom. The van der Waals surface area contributed by atoms with Gasteiger partial charge < -0.3 is 28.6 Å². The van der Waals surface area contributed by atoms with E-state index >= 15 is 0 Å². The van der Waals surface area contributed by atoms with Crippen molar-refractivity contribution < 1.29 is 28.5 Å². The summed E-state index contributed by atoms with van der Waals surface area (Å²) in [6.07, 6.45) is 5.16. The van der Waals surface area contributed by atoms with E-state index in [-0.39, 0.29) is 11.3 Å². The summed E-state index contributed by atoms with van der Waals surface area (Å²) in [5.74, 6) is 2.64. The number of nitrogens with zero attached hydrogens (tertiary/aromatic N) is 1. The second kappa shape index (κ2) is 9.75. The Labute approximate surface area is 194 Å². The summed E-state index contributed by atoms with van der Waals surface area (Å²) in [4.78, 5) is 15.2. The maximum absolute atomic E-state index is 13.3. The van der Waals surface area contributed by atoms with Crippen LogP contribution >= 0.6 is 0 Å². The highest BCUT2D eigenvalue weighted by Crippen LogP contribution is 2.45. The van der Waals surface area contributed by atoms with E-state index in [2.05, 4.69) is 6.07 Å². The van der Waals surface area contributed by atoms with Crippen LogP contribution in [0, 0.1) is 0 Å². The molecule has 0 unspecified atom stereocenters. The van der Waals surface area contributed by atoms with Gasteiger partial charge in [-0.05, 0) is 59.9 Å². The molecule has 1 amide bonds. The van der Waals surface area contributed by atoms with Gasteiger partial charge in [-0.1, -0.05) is 6.07 Å². The molecule has 1 fully saturated rings. The minimum Gasteiger partial charge on any atom is -0.493 e. The lowest BCUT2D eigenvalue weighted by atomic mass is 9.69. The number of fused-ring (bicyclic) bond motifs is 2. The van der Waals surface area contributed by atoms with E-state index in [9.17, 15) is 4.79 Å². The molecule has 7 nitrogen and oxygen atoms in total. The van der Waals surface area contributed by atoms with Gasteiger partial charge in [0.15, 0.2) is 23.0 Å². The van der Waals surface area contributed by atoms with Gasteiger partial charge in [0.05, 0.1) is 28.4 Å². The van der Waals surface area contributed by atoms with Gasteiger partial charge in [0.1, 0.15) is 0 Å². The zero-order chi connectivity index (χ0) is 23.4. The van der Waals surface area contributed by atoms with Gasteiger partial charge in [-0.2, -0.15) is 0 Å². The van der Waals surface area contributed by atoms with Gasteiger partial charge in [-0.15, -0.1) is 0 Å². The van der Waals surface area contributed by atoms with Crippen molar-refractivity contribution in [3.05, 3.63) is 53.1 Å². The van der Waals surface area contributed by atoms with E-state index in [1.165, 1.54) is 5.56 Å². The Bertz CT molecular complexity index is 1040. The zero-order valence-corrected chi connectivity index (χ0v) is 19.7. The monoisotopic (exact) mass is 453 g/mol. The molecular weight excluding hydrogens is 422 g/mol. The average Bonchev–Trinajstić information content (AvgIpc) is 2.86. The van der Waals surface area contributed by atoms with Crippen LogP contribution in [-0.4, -0.2) is 59.0 Å². The Balaban J connectivity index is 1.63. The zero-order valence-electron chi connectivity index (χ0n) is 19.7. The lowest BCUT2D eigenvalue weighted by Crippen LogP contribution is -2.50. The van der Waals surface area contributed by atoms with Crippen LogP contribution in [0.3, 0.4) is 0 Å². The molecule has 0 radical (unpaired) electrons. The third kappa shape index (κ3) is 4.50. The predicted molar refractivity (Wildman–Crippen MR) is 125 cm³/mol. The summed E-state index contributed by atoms with van der Waals surface area (Å²) < 4.78 is 27.4. The van der Waals surface area contributed by atoms with E-state index in [1.807, 2.05) is 35.2 Å². The fourth-order valence-corrected chi connectivity index (χ4v) is 4.83. The summed E-state index contributed by atoms with van der Waals surface area (Å²) in [7, 11) is 6.48. The third-order valence-electron chi connectivity index (χ3n) is 6.62. The molecule has 0 aromatic heterocycles. The molecule has 0 aliphatic carbocycles. The van der Waals surface area contributed by atoms with Crippen molar-refractivity contribution in [1.29, 1.82) is 0 Å². The number of ether oxygens (including phenoxy) is 5. The molecule has 0 saturated carbocycles. The number of hydrogen-bond acceptors (Lipinski definition) is 6. The SMILES string of the molecule is COc1ccc(/C=C/C(=O)N2Cc3cc(OC)c(OC)cc3C3(CCOCC3)C2)cc1OC. The molecule has 2 heterocycles. The first kappa shape index (κ1) is 23.0. The number of benzene rings is 2. The summed E-state index contributed by atoms with van der Waals surface area (Å²) in [5, 5.41) is 0. The maximum atomic E-state index is 13.3. The largest absolute Gasteiger partial charge is 0.493 e. The molecule has 176 valence electrons. The Morgan fingerprint density at radius 2 is 1.55 bits per heavy atom. The normalized spacial score (nSPS) is 17.0. The number of carbonyl (C=O) groups excluding carboxylic acids is 1. The van der Waals surface area contributed by atoms with Crippen LogP contribution in [0.4, 0.5) is 0 Å². The lowest BCUT2D eigenvalue weighted by molar-refractivity contribution is -0.128. The number of methoxy groups -OCH3 is 4. The first-order valence-electron chi connectivity index (χ1n) is 11.1. The lowest BCUT2D eigenvalue weighted by Gasteiger charge is -2.46. The van der Waals surface area contributed by atoms with Gasteiger partial charge in [0.25, 0.3) is 0 Å². The standard InChI is InChI=1S/C26H31NO6/c1-29-21-7-5-18(13-22(21)30-2)6-8-25(28)27-16-19-14-23(31-3)24(32-4)15-20(19)26(17-27)9-11-33-12-10-26/h5-8,13-15H,9-12,16-17H2,1-4H3/b8-6+. The van der Waals surface area contributed by atoms with Crippen LogP contribution in [0.5, 0.6) is 23.0 Å². The molecule has 0 bridgehead atoms. The molecule has 2 aromatic rings. The van der Waals surface area contributed by atoms with Crippen molar-refractivity contribution in [2.45, 2.75) is 24.8 Å². The van der Waals surface area contributed by atoms with E-state index in [4.69, 9.17) is 23.7 Å². The van der Waals surface area contributed by atoms with Crippen LogP contribution in [0.15, 0.2) is 36.4 Å².